The normalized spacial score (nSPS) is 12.9. The van der Waals surface area contributed by atoms with Gasteiger partial charge >= 0.3 is 0 Å². The summed E-state index contributed by atoms with van der Waals surface area (Å²) >= 11 is 0. The van der Waals surface area contributed by atoms with Crippen LogP contribution in [-0.2, 0) is 9.53 Å². The fourth-order valence-corrected chi connectivity index (χ4v) is 0.767. The van der Waals surface area contributed by atoms with Crippen molar-refractivity contribution in [1.82, 2.24) is 5.32 Å². The summed E-state index contributed by atoms with van der Waals surface area (Å²) in [5.41, 5.74) is 4.95. The minimum atomic E-state index is -0.334. The summed E-state index contributed by atoms with van der Waals surface area (Å²) in [4.78, 5) is 10.3. The van der Waals surface area contributed by atoms with Crippen molar-refractivity contribution >= 4 is 5.91 Å². The molecule has 0 aromatic heterocycles. The Morgan fingerprint density at radius 1 is 1.73 bits per heavy atom. The van der Waals surface area contributed by atoms with Gasteiger partial charge < -0.3 is 15.8 Å². The van der Waals surface area contributed by atoms with E-state index >= 15 is 0 Å². The van der Waals surface area contributed by atoms with E-state index in [0.29, 0.717) is 6.61 Å². The Morgan fingerprint density at radius 3 is 2.73 bits per heavy atom. The van der Waals surface area contributed by atoms with Crippen molar-refractivity contribution in [2.75, 3.05) is 20.3 Å². The summed E-state index contributed by atoms with van der Waals surface area (Å²) in [6, 6.07) is 0.229. The van der Waals surface area contributed by atoms with Crippen LogP contribution in [0.5, 0.6) is 0 Å². The van der Waals surface area contributed by atoms with Gasteiger partial charge in [-0.2, -0.15) is 0 Å². The van der Waals surface area contributed by atoms with Crippen LogP contribution in [0.3, 0.4) is 0 Å². The first-order valence-corrected chi connectivity index (χ1v) is 3.71. The van der Waals surface area contributed by atoms with E-state index in [4.69, 9.17) is 10.5 Å². The van der Waals surface area contributed by atoms with Crippen molar-refractivity contribution in [3.8, 4) is 0 Å². The molecule has 1 atom stereocenters. The highest BCUT2D eigenvalue weighted by Crippen LogP contribution is 1.89. The molecule has 0 aromatic carbocycles. The summed E-state index contributed by atoms with van der Waals surface area (Å²) in [5.74, 6) is -0.334. The first kappa shape index (κ1) is 10.4. The number of hydrogen-bond acceptors (Lipinski definition) is 3. The lowest BCUT2D eigenvalue weighted by Gasteiger charge is -2.13. The SMILES string of the molecule is CCC(COC)NCC(N)=O. The maximum absolute atomic E-state index is 10.3. The van der Waals surface area contributed by atoms with E-state index in [9.17, 15) is 4.79 Å². The van der Waals surface area contributed by atoms with Gasteiger partial charge in [0.1, 0.15) is 0 Å². The molecule has 0 aliphatic rings. The third-order valence-corrected chi connectivity index (χ3v) is 1.43. The summed E-state index contributed by atoms with van der Waals surface area (Å²) in [7, 11) is 1.63. The quantitative estimate of drug-likeness (QED) is 0.550. The van der Waals surface area contributed by atoms with Crippen LogP contribution in [0.4, 0.5) is 0 Å². The zero-order valence-electron chi connectivity index (χ0n) is 7.09. The van der Waals surface area contributed by atoms with E-state index in [-0.39, 0.29) is 18.5 Å². The highest BCUT2D eigenvalue weighted by atomic mass is 16.5. The van der Waals surface area contributed by atoms with Gasteiger partial charge in [-0.05, 0) is 6.42 Å². The second-order valence-corrected chi connectivity index (χ2v) is 2.41. The summed E-state index contributed by atoms with van der Waals surface area (Å²) in [5, 5.41) is 2.97. The topological polar surface area (TPSA) is 64.3 Å². The molecular formula is C7H16N2O2. The first-order valence-electron chi connectivity index (χ1n) is 3.71. The van der Waals surface area contributed by atoms with Gasteiger partial charge in [0, 0.05) is 13.2 Å². The second-order valence-electron chi connectivity index (χ2n) is 2.41. The maximum Gasteiger partial charge on any atom is 0.231 e. The zero-order chi connectivity index (χ0) is 8.69. The number of primary amides is 1. The van der Waals surface area contributed by atoms with Crippen molar-refractivity contribution in [2.24, 2.45) is 5.73 Å². The molecule has 66 valence electrons. The van der Waals surface area contributed by atoms with Crippen LogP contribution in [0.15, 0.2) is 0 Å². The number of hydrogen-bond donors (Lipinski definition) is 2. The van der Waals surface area contributed by atoms with E-state index in [2.05, 4.69) is 5.32 Å². The first-order chi connectivity index (χ1) is 5.20. The molecule has 0 bridgehead atoms. The molecule has 0 saturated heterocycles. The monoisotopic (exact) mass is 160 g/mol. The summed E-state index contributed by atoms with van der Waals surface area (Å²) in [6.45, 7) is 2.86. The van der Waals surface area contributed by atoms with Crippen LogP contribution >= 0.6 is 0 Å². The third kappa shape index (κ3) is 5.82. The van der Waals surface area contributed by atoms with Crippen LogP contribution < -0.4 is 11.1 Å². The predicted octanol–water partition coefficient (Wildman–Crippen LogP) is -0.514. The minimum absolute atomic E-state index is 0.224. The lowest BCUT2D eigenvalue weighted by atomic mass is 10.2. The van der Waals surface area contributed by atoms with Gasteiger partial charge in [-0.1, -0.05) is 6.92 Å². The van der Waals surface area contributed by atoms with E-state index in [1.807, 2.05) is 6.92 Å². The standard InChI is InChI=1S/C7H16N2O2/c1-3-6(5-11-2)9-4-7(8)10/h6,9H,3-5H2,1-2H3,(H2,8,10). The largest absolute Gasteiger partial charge is 0.383 e. The Bertz CT molecular complexity index is 117. The Balaban J connectivity index is 3.43. The zero-order valence-corrected chi connectivity index (χ0v) is 7.09. The number of ether oxygens (including phenoxy) is 1. The van der Waals surface area contributed by atoms with Crippen molar-refractivity contribution < 1.29 is 9.53 Å². The minimum Gasteiger partial charge on any atom is -0.383 e. The van der Waals surface area contributed by atoms with Gasteiger partial charge in [0.2, 0.25) is 5.91 Å². The van der Waals surface area contributed by atoms with Gasteiger partial charge in [0.25, 0.3) is 0 Å². The Labute approximate surface area is 67.1 Å². The van der Waals surface area contributed by atoms with Crippen molar-refractivity contribution in [1.29, 1.82) is 0 Å². The van der Waals surface area contributed by atoms with Gasteiger partial charge in [-0.3, -0.25) is 4.79 Å². The van der Waals surface area contributed by atoms with Crippen molar-refractivity contribution in [2.45, 2.75) is 19.4 Å². The van der Waals surface area contributed by atoms with Gasteiger partial charge in [0.05, 0.1) is 13.2 Å². The lowest BCUT2D eigenvalue weighted by Crippen LogP contribution is -2.38. The fourth-order valence-electron chi connectivity index (χ4n) is 0.767. The molecule has 4 nitrogen and oxygen atoms in total. The van der Waals surface area contributed by atoms with Crippen LogP contribution in [0.25, 0.3) is 0 Å². The smallest absolute Gasteiger partial charge is 0.231 e. The van der Waals surface area contributed by atoms with Crippen LogP contribution in [-0.4, -0.2) is 32.2 Å². The van der Waals surface area contributed by atoms with Crippen molar-refractivity contribution in [3.05, 3.63) is 0 Å². The van der Waals surface area contributed by atoms with E-state index in [0.717, 1.165) is 6.42 Å². The molecule has 0 saturated carbocycles. The number of carbonyl (C=O) groups is 1. The molecule has 1 amide bonds. The van der Waals surface area contributed by atoms with Gasteiger partial charge in [-0.25, -0.2) is 0 Å². The molecule has 0 heterocycles. The average Bonchev–Trinajstić information content (AvgIpc) is 1.97. The van der Waals surface area contributed by atoms with Gasteiger partial charge in [-0.15, -0.1) is 0 Å². The van der Waals surface area contributed by atoms with Crippen LogP contribution in [0.2, 0.25) is 0 Å². The predicted molar refractivity (Wildman–Crippen MR) is 43.2 cm³/mol. The molecule has 0 rings (SSSR count). The van der Waals surface area contributed by atoms with E-state index in [1.54, 1.807) is 7.11 Å². The molecule has 11 heavy (non-hydrogen) atoms. The highest BCUT2D eigenvalue weighted by Gasteiger charge is 2.04. The highest BCUT2D eigenvalue weighted by molar-refractivity contribution is 5.75. The number of nitrogens with one attached hydrogen (secondary N) is 1. The molecule has 0 aromatic rings. The fraction of sp³-hybridized carbons (Fsp3) is 0.857. The van der Waals surface area contributed by atoms with E-state index < -0.39 is 0 Å². The number of methoxy groups -OCH3 is 1. The third-order valence-electron chi connectivity index (χ3n) is 1.43. The Kier molecular flexibility index (Phi) is 5.78. The number of amides is 1. The van der Waals surface area contributed by atoms with Crippen LogP contribution in [0.1, 0.15) is 13.3 Å². The molecule has 0 radical (unpaired) electrons. The lowest BCUT2D eigenvalue weighted by molar-refractivity contribution is -0.117. The van der Waals surface area contributed by atoms with Crippen LogP contribution in [0, 0.1) is 0 Å². The molecular weight excluding hydrogens is 144 g/mol. The molecule has 0 fully saturated rings. The molecule has 3 N–H and O–H groups in total. The molecule has 4 heteroatoms. The molecule has 0 aliphatic heterocycles. The second kappa shape index (κ2) is 6.12. The van der Waals surface area contributed by atoms with E-state index in [1.165, 1.54) is 0 Å². The number of nitrogens with two attached hydrogens (primary N) is 1. The summed E-state index contributed by atoms with van der Waals surface area (Å²) in [6.07, 6.45) is 0.932. The average molecular weight is 160 g/mol. The molecule has 0 aliphatic carbocycles. The van der Waals surface area contributed by atoms with Gasteiger partial charge in [0.15, 0.2) is 0 Å². The Hall–Kier alpha value is -0.610. The Morgan fingerprint density at radius 2 is 2.36 bits per heavy atom. The molecule has 1 unspecified atom stereocenters. The maximum atomic E-state index is 10.3. The number of rotatable bonds is 6. The summed E-state index contributed by atoms with van der Waals surface area (Å²) < 4.78 is 4.91. The van der Waals surface area contributed by atoms with Crippen molar-refractivity contribution in [3.63, 3.8) is 0 Å². The molecule has 0 spiro atoms. The number of carbonyl (C=O) groups excluding carboxylic acids is 1.